The molecule has 3 heteroatoms. The third-order valence-corrected chi connectivity index (χ3v) is 4.86. The summed E-state index contributed by atoms with van der Waals surface area (Å²) in [4.78, 5) is 2.52. The molecule has 1 unspecified atom stereocenters. The van der Waals surface area contributed by atoms with Gasteiger partial charge in [0.1, 0.15) is 5.75 Å². The van der Waals surface area contributed by atoms with Crippen molar-refractivity contribution < 1.29 is 4.74 Å². The van der Waals surface area contributed by atoms with Crippen molar-refractivity contribution in [2.24, 2.45) is 5.92 Å². The summed E-state index contributed by atoms with van der Waals surface area (Å²) >= 11 is 0. The lowest BCUT2D eigenvalue weighted by Crippen LogP contribution is -2.54. The Balaban J connectivity index is 1.64. The average Bonchev–Trinajstić information content (AvgIpc) is 2.56. The van der Waals surface area contributed by atoms with Gasteiger partial charge in [0.15, 0.2) is 0 Å². The van der Waals surface area contributed by atoms with Gasteiger partial charge in [0.05, 0.1) is 7.11 Å². The van der Waals surface area contributed by atoms with E-state index < -0.39 is 0 Å². The van der Waals surface area contributed by atoms with Gasteiger partial charge in [-0.1, -0.05) is 19.3 Å². The molecule has 1 heterocycles. The van der Waals surface area contributed by atoms with E-state index in [2.05, 4.69) is 34.5 Å². The predicted octanol–water partition coefficient (Wildman–Crippen LogP) is 3.05. The van der Waals surface area contributed by atoms with Crippen molar-refractivity contribution in [3.05, 3.63) is 24.3 Å². The molecule has 1 N–H and O–H groups in total. The molecular formula is C17H26N2O. The van der Waals surface area contributed by atoms with Crippen LogP contribution in [0, 0.1) is 5.92 Å². The van der Waals surface area contributed by atoms with E-state index in [4.69, 9.17) is 4.74 Å². The van der Waals surface area contributed by atoms with Crippen LogP contribution in [0.1, 0.15) is 32.1 Å². The first kappa shape index (κ1) is 13.7. The monoisotopic (exact) mass is 274 g/mol. The van der Waals surface area contributed by atoms with Crippen LogP contribution < -0.4 is 15.0 Å². The third kappa shape index (κ3) is 3.09. The van der Waals surface area contributed by atoms with Gasteiger partial charge in [0, 0.05) is 31.4 Å². The summed E-state index contributed by atoms with van der Waals surface area (Å²) in [5.41, 5.74) is 1.33. The van der Waals surface area contributed by atoms with Gasteiger partial charge in [-0.15, -0.1) is 0 Å². The van der Waals surface area contributed by atoms with Gasteiger partial charge in [-0.3, -0.25) is 0 Å². The zero-order valence-corrected chi connectivity index (χ0v) is 12.5. The second-order valence-corrected chi connectivity index (χ2v) is 6.10. The predicted molar refractivity (Wildman–Crippen MR) is 83.6 cm³/mol. The van der Waals surface area contributed by atoms with Crippen LogP contribution in [0.2, 0.25) is 0 Å². The molecule has 0 radical (unpaired) electrons. The Labute approximate surface area is 122 Å². The van der Waals surface area contributed by atoms with E-state index in [1.807, 2.05) is 0 Å². The topological polar surface area (TPSA) is 24.5 Å². The van der Waals surface area contributed by atoms with Crippen molar-refractivity contribution >= 4 is 5.69 Å². The molecular weight excluding hydrogens is 248 g/mol. The largest absolute Gasteiger partial charge is 0.497 e. The zero-order chi connectivity index (χ0) is 13.8. The van der Waals surface area contributed by atoms with Gasteiger partial charge in [-0.2, -0.15) is 0 Å². The molecule has 0 bridgehead atoms. The molecule has 1 atom stereocenters. The van der Waals surface area contributed by atoms with Crippen LogP contribution in [0.4, 0.5) is 5.69 Å². The number of hydrogen-bond acceptors (Lipinski definition) is 3. The highest BCUT2D eigenvalue weighted by Gasteiger charge is 2.27. The van der Waals surface area contributed by atoms with Gasteiger partial charge >= 0.3 is 0 Å². The summed E-state index contributed by atoms with van der Waals surface area (Å²) in [7, 11) is 1.72. The van der Waals surface area contributed by atoms with E-state index >= 15 is 0 Å². The van der Waals surface area contributed by atoms with Crippen molar-refractivity contribution in [2.45, 2.75) is 38.1 Å². The van der Waals surface area contributed by atoms with Crippen LogP contribution in [0.15, 0.2) is 24.3 Å². The fraction of sp³-hybridized carbons (Fsp3) is 0.647. The number of nitrogens with one attached hydrogen (secondary N) is 1. The molecule has 0 spiro atoms. The molecule has 3 rings (SSSR count). The molecule has 1 aliphatic carbocycles. The fourth-order valence-corrected chi connectivity index (χ4v) is 3.66. The fourth-order valence-electron chi connectivity index (χ4n) is 3.66. The Morgan fingerprint density at radius 3 is 2.55 bits per heavy atom. The molecule has 2 aliphatic rings. The highest BCUT2D eigenvalue weighted by atomic mass is 16.5. The van der Waals surface area contributed by atoms with Gasteiger partial charge in [-0.25, -0.2) is 0 Å². The summed E-state index contributed by atoms with van der Waals surface area (Å²) in [5.74, 6) is 1.82. The second kappa shape index (κ2) is 6.49. The molecule has 20 heavy (non-hydrogen) atoms. The lowest BCUT2D eigenvalue weighted by Gasteiger charge is -2.40. The smallest absolute Gasteiger partial charge is 0.119 e. The number of nitrogens with zero attached hydrogens (tertiary/aromatic N) is 1. The van der Waals surface area contributed by atoms with Crippen molar-refractivity contribution in [3.8, 4) is 5.75 Å². The van der Waals surface area contributed by atoms with Gasteiger partial charge in [0.25, 0.3) is 0 Å². The molecule has 110 valence electrons. The molecule has 1 saturated heterocycles. The summed E-state index contributed by atoms with van der Waals surface area (Å²) in [6.45, 7) is 3.36. The minimum absolute atomic E-state index is 0.672. The molecule has 1 aliphatic heterocycles. The minimum atomic E-state index is 0.672. The summed E-state index contributed by atoms with van der Waals surface area (Å²) in [5, 5.41) is 3.74. The Bertz CT molecular complexity index is 412. The standard InChI is InChI=1S/C17H26N2O/c1-20-16-9-7-15(8-10-16)19-12-11-18-17(13-19)14-5-3-2-4-6-14/h7-10,14,17-18H,2-6,11-13H2,1H3. The lowest BCUT2D eigenvalue weighted by atomic mass is 9.83. The number of benzene rings is 1. The van der Waals surface area contributed by atoms with Crippen molar-refractivity contribution in [1.29, 1.82) is 0 Å². The maximum Gasteiger partial charge on any atom is 0.119 e. The Hall–Kier alpha value is -1.22. The molecule has 0 aromatic heterocycles. The minimum Gasteiger partial charge on any atom is -0.497 e. The zero-order valence-electron chi connectivity index (χ0n) is 12.5. The van der Waals surface area contributed by atoms with E-state index in [0.29, 0.717) is 6.04 Å². The van der Waals surface area contributed by atoms with Crippen LogP contribution in [0.3, 0.4) is 0 Å². The SMILES string of the molecule is COc1ccc(N2CCNC(C3CCCCC3)C2)cc1. The molecule has 2 fully saturated rings. The van der Waals surface area contributed by atoms with Crippen molar-refractivity contribution in [3.63, 3.8) is 0 Å². The summed E-state index contributed by atoms with van der Waals surface area (Å²) < 4.78 is 5.24. The Morgan fingerprint density at radius 1 is 1.10 bits per heavy atom. The van der Waals surface area contributed by atoms with Gasteiger partial charge < -0.3 is 15.0 Å². The quantitative estimate of drug-likeness (QED) is 0.917. The number of hydrogen-bond donors (Lipinski definition) is 1. The van der Waals surface area contributed by atoms with E-state index in [1.165, 1.54) is 37.8 Å². The normalized spacial score (nSPS) is 24.6. The van der Waals surface area contributed by atoms with Crippen LogP contribution >= 0.6 is 0 Å². The summed E-state index contributed by atoms with van der Waals surface area (Å²) in [6, 6.07) is 9.16. The van der Waals surface area contributed by atoms with E-state index in [0.717, 1.165) is 31.3 Å². The number of piperazine rings is 1. The van der Waals surface area contributed by atoms with E-state index in [1.54, 1.807) is 7.11 Å². The number of methoxy groups -OCH3 is 1. The maximum absolute atomic E-state index is 5.24. The first-order valence-electron chi connectivity index (χ1n) is 7.99. The second-order valence-electron chi connectivity index (χ2n) is 6.10. The van der Waals surface area contributed by atoms with Crippen LogP contribution in [-0.2, 0) is 0 Å². The van der Waals surface area contributed by atoms with Crippen LogP contribution in [0.25, 0.3) is 0 Å². The first-order chi connectivity index (χ1) is 9.86. The van der Waals surface area contributed by atoms with Gasteiger partial charge in [-0.05, 0) is 43.0 Å². The molecule has 0 amide bonds. The van der Waals surface area contributed by atoms with Crippen LogP contribution in [-0.4, -0.2) is 32.8 Å². The van der Waals surface area contributed by atoms with E-state index in [9.17, 15) is 0 Å². The highest BCUT2D eigenvalue weighted by molar-refractivity contribution is 5.49. The molecule has 1 saturated carbocycles. The highest BCUT2D eigenvalue weighted by Crippen LogP contribution is 2.29. The molecule has 1 aromatic rings. The number of anilines is 1. The molecule has 1 aromatic carbocycles. The van der Waals surface area contributed by atoms with Crippen molar-refractivity contribution in [2.75, 3.05) is 31.6 Å². The van der Waals surface area contributed by atoms with Crippen molar-refractivity contribution in [1.82, 2.24) is 5.32 Å². The average molecular weight is 274 g/mol. The Morgan fingerprint density at radius 2 is 1.85 bits per heavy atom. The molecule has 3 nitrogen and oxygen atoms in total. The number of rotatable bonds is 3. The van der Waals surface area contributed by atoms with Gasteiger partial charge in [0.2, 0.25) is 0 Å². The summed E-state index contributed by atoms with van der Waals surface area (Å²) in [6.07, 6.45) is 7.10. The third-order valence-electron chi connectivity index (χ3n) is 4.86. The first-order valence-corrected chi connectivity index (χ1v) is 7.99. The van der Waals surface area contributed by atoms with E-state index in [-0.39, 0.29) is 0 Å². The lowest BCUT2D eigenvalue weighted by molar-refractivity contribution is 0.257. The maximum atomic E-state index is 5.24. The van der Waals surface area contributed by atoms with Crippen LogP contribution in [0.5, 0.6) is 5.75 Å². The number of ether oxygens (including phenoxy) is 1. The Kier molecular flexibility index (Phi) is 4.46.